The van der Waals surface area contributed by atoms with Crippen LogP contribution in [-0.4, -0.2) is 103 Å². The molecule has 0 aromatic rings. The van der Waals surface area contributed by atoms with Gasteiger partial charge in [0.15, 0.2) is 0 Å². The van der Waals surface area contributed by atoms with Gasteiger partial charge in [-0.15, -0.1) is 11.8 Å². The summed E-state index contributed by atoms with van der Waals surface area (Å²) in [5, 5.41) is 11.9. The van der Waals surface area contributed by atoms with E-state index in [9.17, 15) is 24.3 Å². The molecule has 2 atom stereocenters. The summed E-state index contributed by atoms with van der Waals surface area (Å²) in [7, 11) is 0. The van der Waals surface area contributed by atoms with Gasteiger partial charge in [-0.3, -0.25) is 19.3 Å². The zero-order chi connectivity index (χ0) is 19.3. The average molecular weight is 479 g/mol. The van der Waals surface area contributed by atoms with Crippen molar-refractivity contribution in [3.63, 3.8) is 0 Å². The Kier molecular flexibility index (Phi) is 6.65. The van der Waals surface area contributed by atoms with Crippen LogP contribution < -0.4 is 5.32 Å². The number of nitrogens with one attached hydrogen (secondary N) is 1. The molecular weight excluding hydrogens is 461 g/mol. The first kappa shape index (κ1) is 21.9. The van der Waals surface area contributed by atoms with Crippen molar-refractivity contribution in [2.24, 2.45) is 0 Å². The fraction of sp³-hybridized carbons (Fsp3) is 0.529. The Hall–Kier alpha value is -0.810. The van der Waals surface area contributed by atoms with Crippen LogP contribution in [0, 0.1) is 0 Å². The van der Waals surface area contributed by atoms with Crippen LogP contribution in [0.15, 0.2) is 22.9 Å². The summed E-state index contributed by atoms with van der Waals surface area (Å²) in [4.78, 5) is 51.4. The van der Waals surface area contributed by atoms with Gasteiger partial charge in [0.1, 0.15) is 17.1 Å². The number of β-lactam (4-membered cyclic amide) rings is 1. The van der Waals surface area contributed by atoms with Gasteiger partial charge in [0.05, 0.1) is 5.33 Å². The van der Waals surface area contributed by atoms with E-state index in [1.54, 1.807) is 6.08 Å². The van der Waals surface area contributed by atoms with Crippen molar-refractivity contribution >= 4 is 80.9 Å². The number of rotatable bonds is 5. The second-order valence-corrected chi connectivity index (χ2v) is 8.58. The van der Waals surface area contributed by atoms with E-state index in [-0.39, 0.29) is 52.4 Å². The van der Waals surface area contributed by atoms with Gasteiger partial charge in [-0.05, 0) is 30.9 Å². The minimum atomic E-state index is -1.20. The molecule has 1 aliphatic carbocycles. The Bertz CT molecular complexity index is 813. The van der Waals surface area contributed by atoms with Crippen LogP contribution in [0.5, 0.6) is 0 Å². The predicted octanol–water partition coefficient (Wildman–Crippen LogP) is 0.0602. The second kappa shape index (κ2) is 8.51. The number of halogens is 1. The normalized spacial score (nSPS) is 28.1. The summed E-state index contributed by atoms with van der Waals surface area (Å²) in [6, 6.07) is -0.390. The quantitative estimate of drug-likeness (QED) is 0.250. The number of nitrogens with zero attached hydrogens (tertiary/aromatic N) is 2. The third kappa shape index (κ3) is 3.81. The Balaban J connectivity index is 0.00000225. The summed E-state index contributed by atoms with van der Waals surface area (Å²) in [5.74, 6) is -1.61. The Morgan fingerprint density at radius 3 is 2.64 bits per heavy atom. The van der Waals surface area contributed by atoms with Crippen LogP contribution in [0.25, 0.3) is 0 Å². The maximum Gasteiger partial charge on any atom is 0.352 e. The SMILES string of the molecule is O=C(CBr)N[C@@H]1C(=O)N2C(C(=O)O)=C(C=C3CCN(C4CC4)C3=O)CS[C@H]12.[Na]. The molecule has 0 spiro atoms. The smallest absolute Gasteiger partial charge is 0.352 e. The molecule has 11 heteroatoms. The molecule has 145 valence electrons. The van der Waals surface area contributed by atoms with Crippen molar-refractivity contribution in [1.82, 2.24) is 15.1 Å². The van der Waals surface area contributed by atoms with Gasteiger partial charge in [0.25, 0.3) is 5.91 Å². The van der Waals surface area contributed by atoms with Crippen molar-refractivity contribution in [1.29, 1.82) is 0 Å². The fourth-order valence-corrected chi connectivity index (χ4v) is 5.15. The first-order chi connectivity index (χ1) is 12.9. The summed E-state index contributed by atoms with van der Waals surface area (Å²) in [6.45, 7) is 0.671. The summed E-state index contributed by atoms with van der Waals surface area (Å²) >= 11 is 4.43. The van der Waals surface area contributed by atoms with Crippen LogP contribution >= 0.6 is 27.7 Å². The van der Waals surface area contributed by atoms with Gasteiger partial charge in [-0.2, -0.15) is 0 Å². The van der Waals surface area contributed by atoms with Crippen LogP contribution in [0.1, 0.15) is 19.3 Å². The molecule has 2 saturated heterocycles. The van der Waals surface area contributed by atoms with Gasteiger partial charge in [-0.1, -0.05) is 15.9 Å². The van der Waals surface area contributed by atoms with E-state index in [1.165, 1.54) is 16.7 Å². The Labute approximate surface area is 196 Å². The Morgan fingerprint density at radius 1 is 1.32 bits per heavy atom. The van der Waals surface area contributed by atoms with Gasteiger partial charge in [-0.25, -0.2) is 4.79 Å². The number of aliphatic carboxylic acids is 1. The summed E-state index contributed by atoms with van der Waals surface area (Å²) in [5.41, 5.74) is 0.994. The number of hydrogen-bond donors (Lipinski definition) is 2. The number of fused-ring (bicyclic) bond motifs is 1. The number of alkyl halides is 1. The number of amides is 3. The number of likely N-dealkylation sites (tertiary alicyclic amines) is 1. The molecule has 1 saturated carbocycles. The molecular formula is C17H18BrN3NaO5S. The van der Waals surface area contributed by atoms with E-state index in [0.29, 0.717) is 35.9 Å². The number of carboxylic acids is 1. The molecule has 4 rings (SSSR count). The summed E-state index contributed by atoms with van der Waals surface area (Å²) < 4.78 is 0. The van der Waals surface area contributed by atoms with E-state index >= 15 is 0 Å². The third-order valence-electron chi connectivity index (χ3n) is 5.13. The number of carboxylic acid groups (broad SMARTS) is 1. The van der Waals surface area contributed by atoms with Crippen LogP contribution in [0.3, 0.4) is 0 Å². The number of carbonyl (C=O) groups is 4. The molecule has 3 fully saturated rings. The average Bonchev–Trinajstić information content (AvgIpc) is 3.43. The van der Waals surface area contributed by atoms with Crippen molar-refractivity contribution in [3.05, 3.63) is 22.9 Å². The van der Waals surface area contributed by atoms with E-state index in [0.717, 1.165) is 12.8 Å². The molecule has 2 N–H and O–H groups in total. The molecule has 0 aromatic carbocycles. The van der Waals surface area contributed by atoms with E-state index in [4.69, 9.17) is 0 Å². The van der Waals surface area contributed by atoms with Gasteiger partial charge >= 0.3 is 5.97 Å². The van der Waals surface area contributed by atoms with Gasteiger partial charge in [0.2, 0.25) is 11.8 Å². The number of carbonyl (C=O) groups excluding carboxylic acids is 3. The van der Waals surface area contributed by atoms with Crippen molar-refractivity contribution in [3.8, 4) is 0 Å². The largest absolute Gasteiger partial charge is 0.477 e. The molecule has 8 nitrogen and oxygen atoms in total. The van der Waals surface area contributed by atoms with Crippen molar-refractivity contribution in [2.75, 3.05) is 17.6 Å². The molecule has 28 heavy (non-hydrogen) atoms. The first-order valence-corrected chi connectivity index (χ1v) is 10.9. The van der Waals surface area contributed by atoms with Crippen LogP contribution in [0.4, 0.5) is 0 Å². The molecule has 0 unspecified atom stereocenters. The predicted molar refractivity (Wildman–Crippen MR) is 107 cm³/mol. The minimum Gasteiger partial charge on any atom is -0.477 e. The molecule has 0 aromatic heterocycles. The number of thioether (sulfide) groups is 1. The second-order valence-electron chi connectivity index (χ2n) is 6.92. The molecule has 3 amide bonds. The maximum atomic E-state index is 12.5. The minimum absolute atomic E-state index is 0. The molecule has 3 heterocycles. The number of allylic oxidation sites excluding steroid dienone is 1. The van der Waals surface area contributed by atoms with Crippen molar-refractivity contribution < 1.29 is 24.3 Å². The van der Waals surface area contributed by atoms with Crippen molar-refractivity contribution in [2.45, 2.75) is 36.7 Å². The third-order valence-corrected chi connectivity index (χ3v) is 6.94. The Morgan fingerprint density at radius 2 is 2.04 bits per heavy atom. The molecule has 0 bridgehead atoms. The van der Waals surface area contributed by atoms with Crippen LogP contribution in [-0.2, 0) is 19.2 Å². The first-order valence-electron chi connectivity index (χ1n) is 8.70. The monoisotopic (exact) mass is 478 g/mol. The van der Waals surface area contributed by atoms with Crippen LogP contribution in [0.2, 0.25) is 0 Å². The molecule has 1 radical (unpaired) electrons. The zero-order valence-corrected chi connectivity index (χ0v) is 19.7. The molecule has 4 aliphatic rings. The number of hydrogen-bond acceptors (Lipinski definition) is 5. The van der Waals surface area contributed by atoms with Gasteiger partial charge < -0.3 is 15.3 Å². The maximum absolute atomic E-state index is 12.5. The molecule has 3 aliphatic heterocycles. The summed E-state index contributed by atoms with van der Waals surface area (Å²) in [6.07, 6.45) is 4.31. The van der Waals surface area contributed by atoms with E-state index < -0.39 is 23.3 Å². The van der Waals surface area contributed by atoms with Gasteiger partial charge in [0, 0.05) is 53.5 Å². The zero-order valence-electron chi connectivity index (χ0n) is 15.3. The van der Waals surface area contributed by atoms with E-state index in [1.807, 2.05) is 4.90 Å². The standard InChI is InChI=1S/C17H18BrN3O5S.Na/c18-6-11(22)19-12-15(24)21-13(17(25)26)9(7-27-16(12)21)5-8-3-4-20(14(8)23)10-1-2-10;/h5,10,12,16H,1-4,6-7H2,(H,19,22)(H,25,26);/t12-,16-;/m1./s1. The topological polar surface area (TPSA) is 107 Å². The van der Waals surface area contributed by atoms with E-state index in [2.05, 4.69) is 21.2 Å². The fourth-order valence-electron chi connectivity index (χ4n) is 3.68.